The third-order valence-electron chi connectivity index (χ3n) is 3.19. The number of nitrogens with zero attached hydrogens (tertiary/aromatic N) is 1. The molecule has 5 nitrogen and oxygen atoms in total. The Morgan fingerprint density at radius 3 is 2.55 bits per heavy atom. The van der Waals surface area contributed by atoms with E-state index in [1.54, 1.807) is 19.1 Å². The van der Waals surface area contributed by atoms with Crippen LogP contribution in [-0.2, 0) is 11.2 Å². The number of amides is 1. The molecule has 0 fully saturated rings. The molecule has 0 aliphatic rings. The molecular weight excluding hydrogens is 280 g/mol. The van der Waals surface area contributed by atoms with Crippen LogP contribution in [0.15, 0.2) is 46.9 Å². The molecule has 1 atom stereocenters. The van der Waals surface area contributed by atoms with Crippen molar-refractivity contribution in [2.24, 2.45) is 5.92 Å². The van der Waals surface area contributed by atoms with Crippen LogP contribution < -0.4 is 5.32 Å². The molecule has 1 heterocycles. The number of rotatable bonds is 6. The van der Waals surface area contributed by atoms with Gasteiger partial charge >= 0.3 is 0 Å². The Kier molecular flexibility index (Phi) is 5.10. The van der Waals surface area contributed by atoms with E-state index >= 15 is 0 Å². The highest BCUT2D eigenvalue weighted by Gasteiger charge is 2.29. The molecule has 0 radical (unpaired) electrons. The van der Waals surface area contributed by atoms with Gasteiger partial charge in [-0.2, -0.15) is 5.26 Å². The van der Waals surface area contributed by atoms with Crippen molar-refractivity contribution in [1.29, 1.82) is 5.26 Å². The number of nitrogens with one attached hydrogen (secondary N) is 1. The molecule has 112 valence electrons. The molecule has 0 aliphatic carbocycles. The molecule has 0 spiro atoms. The van der Waals surface area contributed by atoms with Gasteiger partial charge in [-0.3, -0.25) is 9.59 Å². The Morgan fingerprint density at radius 2 is 1.95 bits per heavy atom. The largest absolute Gasteiger partial charge is 0.458 e. The third kappa shape index (κ3) is 3.83. The summed E-state index contributed by atoms with van der Waals surface area (Å²) in [5.41, 5.74) is 1.07. The summed E-state index contributed by atoms with van der Waals surface area (Å²) >= 11 is 0. The maximum atomic E-state index is 12.1. The molecule has 5 heteroatoms. The van der Waals surface area contributed by atoms with Crippen LogP contribution in [-0.4, -0.2) is 18.2 Å². The number of benzene rings is 1. The Balaban J connectivity index is 1.92. The number of aryl methyl sites for hydroxylation is 1. The van der Waals surface area contributed by atoms with E-state index in [0.29, 0.717) is 18.7 Å². The number of Topliss-reactive ketones (excluding diaryl/α,β-unsaturated/α-hetero) is 1. The number of hydrogen-bond donors (Lipinski definition) is 1. The molecule has 0 unspecified atom stereocenters. The lowest BCUT2D eigenvalue weighted by Crippen LogP contribution is -2.35. The van der Waals surface area contributed by atoms with Crippen LogP contribution in [0.3, 0.4) is 0 Å². The second-order valence-electron chi connectivity index (χ2n) is 4.86. The van der Waals surface area contributed by atoms with Gasteiger partial charge in [0, 0.05) is 6.54 Å². The summed E-state index contributed by atoms with van der Waals surface area (Å²) in [6.07, 6.45) is 0.638. The van der Waals surface area contributed by atoms with Gasteiger partial charge in [0.25, 0.3) is 0 Å². The van der Waals surface area contributed by atoms with Crippen LogP contribution in [0, 0.1) is 24.2 Å². The standard InChI is InChI=1S/C17H16N2O3/c1-12-7-8-15(22-12)16(20)14(11-18)17(21)19-10-9-13-5-3-2-4-6-13/h2-8,14H,9-10H2,1H3,(H,19,21)/t14-/m0/s1. The smallest absolute Gasteiger partial charge is 0.245 e. The normalized spacial score (nSPS) is 11.5. The van der Waals surface area contributed by atoms with E-state index in [9.17, 15) is 9.59 Å². The first-order valence-corrected chi connectivity index (χ1v) is 6.93. The highest BCUT2D eigenvalue weighted by Crippen LogP contribution is 2.12. The summed E-state index contributed by atoms with van der Waals surface area (Å²) in [5.74, 6) is -2.02. The first-order valence-electron chi connectivity index (χ1n) is 6.93. The highest BCUT2D eigenvalue weighted by atomic mass is 16.3. The van der Waals surface area contributed by atoms with Crippen LogP contribution in [0.1, 0.15) is 21.9 Å². The molecule has 0 aliphatic heterocycles. The van der Waals surface area contributed by atoms with Crippen molar-refractivity contribution in [3.63, 3.8) is 0 Å². The first kappa shape index (κ1) is 15.5. The summed E-state index contributed by atoms with van der Waals surface area (Å²) in [7, 11) is 0. The molecular formula is C17H16N2O3. The molecule has 1 aromatic carbocycles. The summed E-state index contributed by atoms with van der Waals surface area (Å²) < 4.78 is 5.17. The van der Waals surface area contributed by atoms with Crippen molar-refractivity contribution < 1.29 is 14.0 Å². The number of nitriles is 1. The van der Waals surface area contributed by atoms with Crippen LogP contribution >= 0.6 is 0 Å². The molecule has 2 rings (SSSR count). The van der Waals surface area contributed by atoms with Crippen LogP contribution in [0.5, 0.6) is 0 Å². The lowest BCUT2D eigenvalue weighted by atomic mass is 10.0. The van der Waals surface area contributed by atoms with Gasteiger partial charge in [-0.05, 0) is 31.0 Å². The third-order valence-corrected chi connectivity index (χ3v) is 3.19. The minimum absolute atomic E-state index is 0.0299. The second kappa shape index (κ2) is 7.23. The maximum Gasteiger partial charge on any atom is 0.245 e. The van der Waals surface area contributed by atoms with Gasteiger partial charge in [0.05, 0.1) is 6.07 Å². The van der Waals surface area contributed by atoms with Crippen molar-refractivity contribution >= 4 is 11.7 Å². The second-order valence-corrected chi connectivity index (χ2v) is 4.86. The van der Waals surface area contributed by atoms with Gasteiger partial charge in [-0.1, -0.05) is 30.3 Å². The van der Waals surface area contributed by atoms with E-state index in [4.69, 9.17) is 9.68 Å². The Labute approximate surface area is 128 Å². The molecule has 1 N–H and O–H groups in total. The Bertz CT molecular complexity index is 698. The summed E-state index contributed by atoms with van der Waals surface area (Å²) in [6.45, 7) is 2.06. The van der Waals surface area contributed by atoms with Gasteiger partial charge < -0.3 is 9.73 Å². The average Bonchev–Trinajstić information content (AvgIpc) is 2.95. The fourth-order valence-electron chi connectivity index (χ4n) is 2.02. The molecule has 2 aromatic rings. The minimum atomic E-state index is -1.39. The predicted octanol–water partition coefficient (Wildman–Crippen LogP) is 2.27. The average molecular weight is 296 g/mol. The van der Waals surface area contributed by atoms with Crippen LogP contribution in [0.4, 0.5) is 0 Å². The minimum Gasteiger partial charge on any atom is -0.458 e. The fraction of sp³-hybridized carbons (Fsp3) is 0.235. The van der Waals surface area contributed by atoms with Gasteiger partial charge in [-0.25, -0.2) is 0 Å². The van der Waals surface area contributed by atoms with E-state index in [1.165, 1.54) is 6.07 Å². The maximum absolute atomic E-state index is 12.1. The lowest BCUT2D eigenvalue weighted by molar-refractivity contribution is -0.122. The number of carbonyl (C=O) groups is 2. The number of carbonyl (C=O) groups excluding carboxylic acids is 2. The van der Waals surface area contributed by atoms with Crippen molar-refractivity contribution in [3.8, 4) is 6.07 Å². The van der Waals surface area contributed by atoms with Crippen LogP contribution in [0.2, 0.25) is 0 Å². The topological polar surface area (TPSA) is 83.1 Å². The SMILES string of the molecule is Cc1ccc(C(=O)[C@H](C#N)C(=O)NCCc2ccccc2)o1. The van der Waals surface area contributed by atoms with Gasteiger partial charge in [0.1, 0.15) is 5.76 Å². The summed E-state index contributed by atoms with van der Waals surface area (Å²) in [5, 5.41) is 11.7. The summed E-state index contributed by atoms with van der Waals surface area (Å²) in [4.78, 5) is 24.1. The highest BCUT2D eigenvalue weighted by molar-refractivity contribution is 6.10. The summed E-state index contributed by atoms with van der Waals surface area (Å²) in [6, 6.07) is 14.5. The van der Waals surface area contributed by atoms with Crippen molar-refractivity contribution in [2.45, 2.75) is 13.3 Å². The Hall–Kier alpha value is -2.87. The Morgan fingerprint density at radius 1 is 1.23 bits per heavy atom. The molecule has 22 heavy (non-hydrogen) atoms. The molecule has 0 bridgehead atoms. The van der Waals surface area contributed by atoms with Gasteiger partial charge in [-0.15, -0.1) is 0 Å². The van der Waals surface area contributed by atoms with E-state index in [-0.39, 0.29) is 5.76 Å². The van der Waals surface area contributed by atoms with E-state index in [2.05, 4.69) is 5.32 Å². The van der Waals surface area contributed by atoms with Gasteiger partial charge in [0.2, 0.25) is 11.7 Å². The molecule has 1 aromatic heterocycles. The van der Waals surface area contributed by atoms with Crippen LogP contribution in [0.25, 0.3) is 0 Å². The van der Waals surface area contributed by atoms with Crippen molar-refractivity contribution in [1.82, 2.24) is 5.32 Å². The quantitative estimate of drug-likeness (QED) is 0.654. The molecule has 0 saturated heterocycles. The zero-order valence-corrected chi connectivity index (χ0v) is 12.2. The monoisotopic (exact) mass is 296 g/mol. The first-order chi connectivity index (χ1) is 10.6. The van der Waals surface area contributed by atoms with Crippen molar-refractivity contribution in [2.75, 3.05) is 6.54 Å². The predicted molar refractivity (Wildman–Crippen MR) is 80.0 cm³/mol. The molecule has 1 amide bonds. The number of ketones is 1. The van der Waals surface area contributed by atoms with E-state index in [0.717, 1.165) is 5.56 Å². The molecule has 0 saturated carbocycles. The van der Waals surface area contributed by atoms with Crippen molar-refractivity contribution in [3.05, 3.63) is 59.5 Å². The van der Waals surface area contributed by atoms with E-state index < -0.39 is 17.6 Å². The fourth-order valence-corrected chi connectivity index (χ4v) is 2.02. The number of furan rings is 1. The zero-order valence-electron chi connectivity index (χ0n) is 12.2. The zero-order chi connectivity index (χ0) is 15.9. The van der Waals surface area contributed by atoms with E-state index in [1.807, 2.05) is 30.3 Å². The number of hydrogen-bond acceptors (Lipinski definition) is 4. The lowest BCUT2D eigenvalue weighted by Gasteiger charge is -2.08. The van der Waals surface area contributed by atoms with Gasteiger partial charge in [0.15, 0.2) is 11.7 Å².